The van der Waals surface area contributed by atoms with Gasteiger partial charge in [-0.15, -0.1) is 10.2 Å². The Kier molecular flexibility index (Phi) is 7.92. The summed E-state index contributed by atoms with van der Waals surface area (Å²) in [5, 5.41) is 16.2. The van der Waals surface area contributed by atoms with Gasteiger partial charge in [0.15, 0.2) is 5.76 Å². The maximum atomic E-state index is 14.2. The first kappa shape index (κ1) is 28.4. The van der Waals surface area contributed by atoms with Crippen molar-refractivity contribution in [2.24, 2.45) is 0 Å². The average molecular weight is 590 g/mol. The van der Waals surface area contributed by atoms with Gasteiger partial charge in [0, 0.05) is 11.9 Å². The lowest BCUT2D eigenvalue weighted by molar-refractivity contribution is -0.127. The number of hydrogen-bond donors (Lipinski definition) is 1. The van der Waals surface area contributed by atoms with Crippen molar-refractivity contribution in [1.29, 1.82) is 0 Å². The number of halogens is 1. The zero-order chi connectivity index (χ0) is 30.6. The molecule has 1 N–H and O–H groups in total. The Hall–Kier alpha value is -5.71. The molecule has 0 unspecified atom stereocenters. The van der Waals surface area contributed by atoms with Gasteiger partial charge in [0.2, 0.25) is 11.7 Å². The quantitative estimate of drug-likeness (QED) is 0.242. The van der Waals surface area contributed by atoms with Crippen molar-refractivity contribution in [2.75, 3.05) is 4.90 Å². The van der Waals surface area contributed by atoms with E-state index in [0.717, 1.165) is 16.5 Å². The number of aryl methyl sites for hydroxylation is 2. The lowest BCUT2D eigenvalue weighted by Crippen LogP contribution is -2.45. The van der Waals surface area contributed by atoms with Crippen LogP contribution in [0, 0.1) is 19.7 Å². The number of para-hydroxylation sites is 1. The SMILES string of the molecule is Cc1ccc([C@@H](C(=O)NCc2ccc(F)cc2)N(C(=O)Cn2nnc(-c3ccc(C)o3)n2)c2cnc3ccccc3c2)cc1. The minimum Gasteiger partial charge on any atom is -0.458 e. The standard InChI is InChI=1S/C33H28FN7O3/c1-21-7-12-24(13-8-21)31(33(43)36-18-23-10-14-26(34)15-11-23)41(27-17-25-5-3-4-6-28(25)35-19-27)30(42)20-40-38-32(37-39-40)29-16-9-22(2)44-29/h3-17,19,31H,18,20H2,1-2H3,(H,36,43)/t31-/m0/s1. The maximum absolute atomic E-state index is 14.2. The molecule has 220 valence electrons. The number of carbonyl (C=O) groups is 2. The summed E-state index contributed by atoms with van der Waals surface area (Å²) in [6.07, 6.45) is 1.57. The molecule has 0 bridgehead atoms. The van der Waals surface area contributed by atoms with E-state index in [-0.39, 0.29) is 24.7 Å². The molecule has 6 aromatic rings. The smallest absolute Gasteiger partial charge is 0.251 e. The molecule has 3 aromatic heterocycles. The van der Waals surface area contributed by atoms with Gasteiger partial charge in [0.05, 0.1) is 17.4 Å². The average Bonchev–Trinajstić information content (AvgIpc) is 3.68. The lowest BCUT2D eigenvalue weighted by atomic mass is 10.0. The molecule has 0 radical (unpaired) electrons. The van der Waals surface area contributed by atoms with E-state index < -0.39 is 17.9 Å². The van der Waals surface area contributed by atoms with Crippen molar-refractivity contribution < 1.29 is 18.4 Å². The van der Waals surface area contributed by atoms with E-state index in [9.17, 15) is 14.0 Å². The number of hydrogen-bond acceptors (Lipinski definition) is 7. The topological polar surface area (TPSA) is 119 Å². The molecule has 2 amide bonds. The fourth-order valence-corrected chi connectivity index (χ4v) is 4.84. The number of nitrogens with zero attached hydrogens (tertiary/aromatic N) is 6. The number of fused-ring (bicyclic) bond motifs is 1. The van der Waals surface area contributed by atoms with Crippen LogP contribution in [-0.2, 0) is 22.7 Å². The summed E-state index contributed by atoms with van der Waals surface area (Å²) in [6, 6.07) is 25.0. The number of aromatic nitrogens is 5. The van der Waals surface area contributed by atoms with Crippen molar-refractivity contribution in [3.05, 3.63) is 125 Å². The van der Waals surface area contributed by atoms with Crippen molar-refractivity contribution in [3.63, 3.8) is 0 Å². The highest BCUT2D eigenvalue weighted by Gasteiger charge is 2.34. The number of rotatable bonds is 9. The van der Waals surface area contributed by atoms with Crippen molar-refractivity contribution >= 4 is 28.4 Å². The maximum Gasteiger partial charge on any atom is 0.251 e. The van der Waals surface area contributed by atoms with Crippen LogP contribution in [0.4, 0.5) is 10.1 Å². The second-order valence-electron chi connectivity index (χ2n) is 10.4. The number of amides is 2. The van der Waals surface area contributed by atoms with Crippen LogP contribution in [0.2, 0.25) is 0 Å². The van der Waals surface area contributed by atoms with Crippen LogP contribution in [0.1, 0.15) is 28.5 Å². The third kappa shape index (κ3) is 6.21. The Morgan fingerprint density at radius 2 is 1.75 bits per heavy atom. The van der Waals surface area contributed by atoms with Crippen LogP contribution >= 0.6 is 0 Å². The lowest BCUT2D eigenvalue weighted by Gasteiger charge is -2.31. The molecular weight excluding hydrogens is 561 g/mol. The van der Waals surface area contributed by atoms with Gasteiger partial charge < -0.3 is 9.73 Å². The molecular formula is C33H28FN7O3. The van der Waals surface area contributed by atoms with Crippen molar-refractivity contribution in [2.45, 2.75) is 33.0 Å². The first-order valence-corrected chi connectivity index (χ1v) is 13.9. The fourth-order valence-electron chi connectivity index (χ4n) is 4.84. The normalized spacial score (nSPS) is 11.8. The van der Waals surface area contributed by atoms with E-state index in [1.54, 1.807) is 37.4 Å². The van der Waals surface area contributed by atoms with E-state index >= 15 is 0 Å². The molecule has 11 heteroatoms. The number of furan rings is 1. The molecule has 0 aliphatic carbocycles. The highest BCUT2D eigenvalue weighted by Crippen LogP contribution is 2.30. The number of carbonyl (C=O) groups excluding carboxylic acids is 2. The predicted octanol–water partition coefficient (Wildman–Crippen LogP) is 5.33. The third-order valence-corrected chi connectivity index (χ3v) is 7.09. The molecule has 0 saturated carbocycles. The van der Waals surface area contributed by atoms with Crippen molar-refractivity contribution in [3.8, 4) is 11.6 Å². The molecule has 0 aliphatic heterocycles. The van der Waals surface area contributed by atoms with Crippen LogP contribution in [-0.4, -0.2) is 37.0 Å². The third-order valence-electron chi connectivity index (χ3n) is 7.09. The van der Waals surface area contributed by atoms with Crippen LogP contribution in [0.25, 0.3) is 22.5 Å². The first-order chi connectivity index (χ1) is 21.3. The summed E-state index contributed by atoms with van der Waals surface area (Å²) in [5.74, 6) is 0.0776. The van der Waals surface area contributed by atoms with E-state index in [0.29, 0.717) is 28.3 Å². The minimum absolute atomic E-state index is 0.135. The number of nitrogens with one attached hydrogen (secondary N) is 1. The Balaban J connectivity index is 1.39. The van der Waals surface area contributed by atoms with Gasteiger partial charge in [-0.25, -0.2) is 4.39 Å². The number of tetrazole rings is 1. The monoisotopic (exact) mass is 589 g/mol. The Bertz CT molecular complexity index is 1930. The molecule has 1 atom stereocenters. The van der Waals surface area contributed by atoms with Crippen LogP contribution < -0.4 is 10.2 Å². The Morgan fingerprint density at radius 1 is 0.977 bits per heavy atom. The molecule has 6 rings (SSSR count). The summed E-state index contributed by atoms with van der Waals surface area (Å²) >= 11 is 0. The van der Waals surface area contributed by atoms with Gasteiger partial charge in [0.25, 0.3) is 5.91 Å². The van der Waals surface area contributed by atoms with E-state index in [2.05, 4.69) is 25.7 Å². The largest absolute Gasteiger partial charge is 0.458 e. The molecule has 0 fully saturated rings. The zero-order valence-corrected chi connectivity index (χ0v) is 24.0. The van der Waals surface area contributed by atoms with Gasteiger partial charge in [0.1, 0.15) is 24.2 Å². The van der Waals surface area contributed by atoms with Crippen LogP contribution in [0.15, 0.2) is 102 Å². The number of pyridine rings is 1. The molecule has 3 heterocycles. The zero-order valence-electron chi connectivity index (χ0n) is 24.0. The molecule has 10 nitrogen and oxygen atoms in total. The molecule has 44 heavy (non-hydrogen) atoms. The number of anilines is 1. The van der Waals surface area contributed by atoms with E-state index in [1.807, 2.05) is 61.5 Å². The highest BCUT2D eigenvalue weighted by atomic mass is 19.1. The van der Waals surface area contributed by atoms with Gasteiger partial charge in [-0.05, 0) is 66.6 Å². The summed E-state index contributed by atoms with van der Waals surface area (Å²) < 4.78 is 19.1. The summed E-state index contributed by atoms with van der Waals surface area (Å²) in [6.45, 7) is 3.57. The van der Waals surface area contributed by atoms with Gasteiger partial charge in [-0.1, -0.05) is 60.2 Å². The summed E-state index contributed by atoms with van der Waals surface area (Å²) in [4.78, 5) is 35.4. The molecule has 0 spiro atoms. The van der Waals surface area contributed by atoms with Crippen LogP contribution in [0.3, 0.4) is 0 Å². The van der Waals surface area contributed by atoms with E-state index in [1.165, 1.54) is 21.8 Å². The second kappa shape index (κ2) is 12.3. The second-order valence-corrected chi connectivity index (χ2v) is 10.4. The van der Waals surface area contributed by atoms with Gasteiger partial charge in [-0.3, -0.25) is 19.5 Å². The van der Waals surface area contributed by atoms with Crippen molar-refractivity contribution in [1.82, 2.24) is 30.5 Å². The Labute approximate surface area is 252 Å². The van der Waals surface area contributed by atoms with Gasteiger partial charge >= 0.3 is 0 Å². The minimum atomic E-state index is -1.08. The highest BCUT2D eigenvalue weighted by molar-refractivity contribution is 6.02. The summed E-state index contributed by atoms with van der Waals surface area (Å²) in [5.41, 5.74) is 3.45. The van der Waals surface area contributed by atoms with Gasteiger partial charge in [-0.2, -0.15) is 4.80 Å². The summed E-state index contributed by atoms with van der Waals surface area (Å²) in [7, 11) is 0. The predicted molar refractivity (Wildman–Crippen MR) is 162 cm³/mol. The number of benzene rings is 3. The first-order valence-electron chi connectivity index (χ1n) is 13.9. The molecule has 0 saturated heterocycles. The Morgan fingerprint density at radius 3 is 2.50 bits per heavy atom. The molecule has 3 aromatic carbocycles. The fraction of sp³-hybridized carbons (Fsp3) is 0.152. The molecule has 0 aliphatic rings. The van der Waals surface area contributed by atoms with E-state index in [4.69, 9.17) is 4.42 Å². The van der Waals surface area contributed by atoms with Crippen LogP contribution in [0.5, 0.6) is 0 Å².